The second-order valence-corrected chi connectivity index (χ2v) is 8.72. The summed E-state index contributed by atoms with van der Waals surface area (Å²) in [6.07, 6.45) is -3.28. The van der Waals surface area contributed by atoms with Gasteiger partial charge in [0.25, 0.3) is 5.91 Å². The third-order valence-electron chi connectivity index (χ3n) is 5.04. The second-order valence-electron chi connectivity index (χ2n) is 7.88. The summed E-state index contributed by atoms with van der Waals surface area (Å²) in [5.41, 5.74) is 0.198. The van der Waals surface area contributed by atoms with Gasteiger partial charge in [-0.2, -0.15) is 13.2 Å². The molecular weight excluding hydrogens is 428 g/mol. The Morgan fingerprint density at radius 2 is 1.76 bits per heavy atom. The molecule has 0 spiro atoms. The Morgan fingerprint density at radius 1 is 1.14 bits per heavy atom. The van der Waals surface area contributed by atoms with Gasteiger partial charge in [-0.15, -0.1) is 0 Å². The van der Waals surface area contributed by atoms with Gasteiger partial charge in [-0.05, 0) is 56.2 Å². The molecule has 1 fully saturated rings. The van der Waals surface area contributed by atoms with Crippen LogP contribution in [0.2, 0.25) is 10.0 Å². The first-order chi connectivity index (χ1) is 13.5. The number of amides is 2. The zero-order valence-electron chi connectivity index (χ0n) is 16.3. The topological polar surface area (TPSA) is 58.2 Å². The maximum absolute atomic E-state index is 12.8. The van der Waals surface area contributed by atoms with Gasteiger partial charge in [-0.1, -0.05) is 37.0 Å². The Kier molecular flexibility index (Phi) is 8.23. The van der Waals surface area contributed by atoms with E-state index in [9.17, 15) is 22.8 Å². The van der Waals surface area contributed by atoms with E-state index in [2.05, 4.69) is 10.6 Å². The van der Waals surface area contributed by atoms with Crippen LogP contribution in [0.4, 0.5) is 13.2 Å². The minimum Gasteiger partial charge on any atom is -0.352 e. The number of nitrogens with one attached hydrogen (secondary N) is 2. The largest absolute Gasteiger partial charge is 0.391 e. The molecule has 2 amide bonds. The van der Waals surface area contributed by atoms with Crippen molar-refractivity contribution in [1.82, 2.24) is 10.6 Å². The lowest BCUT2D eigenvalue weighted by Gasteiger charge is -2.31. The van der Waals surface area contributed by atoms with E-state index in [1.54, 1.807) is 0 Å². The number of hydrogen-bond donors (Lipinski definition) is 2. The minimum atomic E-state index is -4.19. The summed E-state index contributed by atoms with van der Waals surface area (Å²) in [4.78, 5) is 25.3. The molecule has 1 aromatic rings. The first-order valence-corrected chi connectivity index (χ1v) is 10.4. The highest BCUT2D eigenvalue weighted by atomic mass is 35.5. The third-order valence-corrected chi connectivity index (χ3v) is 5.59. The third kappa shape index (κ3) is 7.07. The lowest BCUT2D eigenvalue weighted by molar-refractivity contribution is -0.182. The van der Waals surface area contributed by atoms with E-state index in [1.165, 1.54) is 18.2 Å². The van der Waals surface area contributed by atoms with E-state index in [0.717, 1.165) is 0 Å². The Labute approximate surface area is 178 Å². The molecule has 0 heterocycles. The molecule has 2 rings (SSSR count). The van der Waals surface area contributed by atoms with E-state index in [4.69, 9.17) is 23.2 Å². The molecule has 0 bridgehead atoms. The van der Waals surface area contributed by atoms with Crippen LogP contribution in [0.3, 0.4) is 0 Å². The first kappa shape index (κ1) is 23.8. The SMILES string of the molecule is CC(C)CC(NC(=O)c1ccc(Cl)cc1Cl)C(=O)NC1CCC(C(F)(F)F)CC1. The van der Waals surface area contributed by atoms with Gasteiger partial charge in [0.2, 0.25) is 5.91 Å². The van der Waals surface area contributed by atoms with Crippen molar-refractivity contribution in [3.63, 3.8) is 0 Å². The molecule has 1 aromatic carbocycles. The van der Waals surface area contributed by atoms with Gasteiger partial charge in [0.1, 0.15) is 6.04 Å². The summed E-state index contributed by atoms with van der Waals surface area (Å²) in [6, 6.07) is 3.30. The van der Waals surface area contributed by atoms with E-state index in [1.807, 2.05) is 13.8 Å². The first-order valence-electron chi connectivity index (χ1n) is 9.60. The van der Waals surface area contributed by atoms with Gasteiger partial charge in [0.05, 0.1) is 16.5 Å². The monoisotopic (exact) mass is 452 g/mol. The smallest absolute Gasteiger partial charge is 0.352 e. The van der Waals surface area contributed by atoms with Gasteiger partial charge in [0.15, 0.2) is 0 Å². The number of benzene rings is 1. The summed E-state index contributed by atoms with van der Waals surface area (Å²) in [6.45, 7) is 3.83. The van der Waals surface area contributed by atoms with Crippen LogP contribution >= 0.6 is 23.2 Å². The molecular formula is C20H25Cl2F3N2O2. The highest BCUT2D eigenvalue weighted by Gasteiger charge is 2.41. The number of halogens is 5. The van der Waals surface area contributed by atoms with Crippen molar-refractivity contribution in [3.05, 3.63) is 33.8 Å². The molecule has 0 saturated heterocycles. The summed E-state index contributed by atoms with van der Waals surface area (Å²) < 4.78 is 38.4. The van der Waals surface area contributed by atoms with Crippen molar-refractivity contribution < 1.29 is 22.8 Å². The molecule has 9 heteroatoms. The lowest BCUT2D eigenvalue weighted by atomic mass is 9.85. The standard InChI is InChI=1S/C20H25Cl2F3N2O2/c1-11(2)9-17(27-18(28)15-8-5-13(21)10-16(15)22)19(29)26-14-6-3-12(4-7-14)20(23,24)25/h5,8,10-12,14,17H,3-4,6-7,9H2,1-2H3,(H,26,29)(H,27,28). The van der Waals surface area contributed by atoms with E-state index in [-0.39, 0.29) is 48.2 Å². The fraction of sp³-hybridized carbons (Fsp3) is 0.600. The Bertz CT molecular complexity index is 733. The predicted octanol–water partition coefficient (Wildman–Crippen LogP) is 5.38. The maximum Gasteiger partial charge on any atom is 0.391 e. The van der Waals surface area contributed by atoms with Crippen LogP contribution in [0.15, 0.2) is 18.2 Å². The highest BCUT2D eigenvalue weighted by molar-refractivity contribution is 6.36. The fourth-order valence-electron chi connectivity index (χ4n) is 3.48. The molecule has 4 nitrogen and oxygen atoms in total. The van der Waals surface area contributed by atoms with Gasteiger partial charge in [0, 0.05) is 11.1 Å². The number of hydrogen-bond acceptors (Lipinski definition) is 2. The van der Waals surface area contributed by atoms with Crippen molar-refractivity contribution in [2.24, 2.45) is 11.8 Å². The summed E-state index contributed by atoms with van der Waals surface area (Å²) in [5, 5.41) is 6.05. The molecule has 0 aliphatic heterocycles. The average Bonchev–Trinajstić information content (AvgIpc) is 2.60. The number of carbonyl (C=O) groups excluding carboxylic acids is 2. The van der Waals surface area contributed by atoms with Crippen LogP contribution in [0, 0.1) is 11.8 Å². The van der Waals surface area contributed by atoms with Crippen LogP contribution < -0.4 is 10.6 Å². The maximum atomic E-state index is 12.8. The number of rotatable bonds is 6. The Morgan fingerprint density at radius 3 is 2.28 bits per heavy atom. The molecule has 1 aliphatic carbocycles. The van der Waals surface area contributed by atoms with Crippen LogP contribution in [-0.2, 0) is 4.79 Å². The zero-order chi connectivity index (χ0) is 21.8. The number of alkyl halides is 3. The van der Waals surface area contributed by atoms with Gasteiger partial charge in [-0.3, -0.25) is 9.59 Å². The van der Waals surface area contributed by atoms with Crippen LogP contribution in [-0.4, -0.2) is 30.1 Å². The Balaban J connectivity index is 2.00. The molecule has 1 aliphatic rings. The molecule has 0 aromatic heterocycles. The normalized spacial score (nSPS) is 21.0. The predicted molar refractivity (Wildman–Crippen MR) is 107 cm³/mol. The summed E-state index contributed by atoms with van der Waals surface area (Å²) in [7, 11) is 0. The average molecular weight is 453 g/mol. The molecule has 1 saturated carbocycles. The highest BCUT2D eigenvalue weighted by Crippen LogP contribution is 2.37. The zero-order valence-corrected chi connectivity index (χ0v) is 17.8. The van der Waals surface area contributed by atoms with Crippen molar-refractivity contribution in [1.29, 1.82) is 0 Å². The lowest BCUT2D eigenvalue weighted by Crippen LogP contribution is -2.51. The molecule has 162 valence electrons. The van der Waals surface area contributed by atoms with E-state index >= 15 is 0 Å². The van der Waals surface area contributed by atoms with Crippen LogP contribution in [0.25, 0.3) is 0 Å². The Hall–Kier alpha value is -1.47. The molecule has 29 heavy (non-hydrogen) atoms. The van der Waals surface area contributed by atoms with Crippen molar-refractivity contribution in [2.75, 3.05) is 0 Å². The molecule has 0 radical (unpaired) electrons. The summed E-state index contributed by atoms with van der Waals surface area (Å²) >= 11 is 11.9. The minimum absolute atomic E-state index is 0.00393. The summed E-state index contributed by atoms with van der Waals surface area (Å²) in [5.74, 6) is -2.09. The molecule has 1 unspecified atom stereocenters. The quantitative estimate of drug-likeness (QED) is 0.608. The van der Waals surface area contributed by atoms with Gasteiger partial charge in [-0.25, -0.2) is 0 Å². The fourth-order valence-corrected chi connectivity index (χ4v) is 3.97. The van der Waals surface area contributed by atoms with Crippen molar-refractivity contribution in [3.8, 4) is 0 Å². The van der Waals surface area contributed by atoms with Crippen molar-refractivity contribution in [2.45, 2.75) is 64.2 Å². The molecule has 2 N–H and O–H groups in total. The van der Waals surface area contributed by atoms with Crippen molar-refractivity contribution >= 4 is 35.0 Å². The van der Waals surface area contributed by atoms with Crippen LogP contribution in [0.1, 0.15) is 56.3 Å². The number of carbonyl (C=O) groups is 2. The molecule has 1 atom stereocenters. The van der Waals surface area contributed by atoms with Crippen LogP contribution in [0.5, 0.6) is 0 Å². The van der Waals surface area contributed by atoms with E-state index < -0.39 is 30.0 Å². The van der Waals surface area contributed by atoms with Gasteiger partial charge >= 0.3 is 6.18 Å². The van der Waals surface area contributed by atoms with E-state index in [0.29, 0.717) is 11.4 Å². The second kappa shape index (κ2) is 10.0. The van der Waals surface area contributed by atoms with Gasteiger partial charge < -0.3 is 10.6 Å².